The number of rotatable bonds is 5. The number of nitrogens with two attached hydrogens (primary N) is 1. The first-order chi connectivity index (χ1) is 10.6. The van der Waals surface area contributed by atoms with E-state index in [9.17, 15) is 14.4 Å². The Kier molecular flexibility index (Phi) is 5.76. The summed E-state index contributed by atoms with van der Waals surface area (Å²) in [5.74, 6) is -0.982. The van der Waals surface area contributed by atoms with Crippen molar-refractivity contribution in [3.63, 3.8) is 0 Å². The standard InChI is InChI=1S/C15H26N4O3/c1-2-18-7-8-19(15(22)14(18)21)10-13(20)17-12-6-4-3-5-11(12)9-16/h11-12H,2-10,16H2,1H3,(H,17,20). The molecule has 7 heteroatoms. The number of likely N-dealkylation sites (N-methyl/N-ethyl adjacent to an activating group) is 1. The average Bonchev–Trinajstić information content (AvgIpc) is 2.52. The van der Waals surface area contributed by atoms with Crippen LogP contribution in [0.3, 0.4) is 0 Å². The lowest BCUT2D eigenvalue weighted by atomic mass is 9.84. The number of amides is 3. The summed E-state index contributed by atoms with van der Waals surface area (Å²) in [6.07, 6.45) is 4.21. The Morgan fingerprint density at radius 1 is 1.18 bits per heavy atom. The van der Waals surface area contributed by atoms with Gasteiger partial charge in [0, 0.05) is 25.7 Å². The van der Waals surface area contributed by atoms with Crippen LogP contribution in [0.5, 0.6) is 0 Å². The molecule has 124 valence electrons. The predicted octanol–water partition coefficient (Wildman–Crippen LogP) is -0.689. The van der Waals surface area contributed by atoms with Crippen molar-refractivity contribution in [1.82, 2.24) is 15.1 Å². The molecule has 0 aromatic rings. The SMILES string of the molecule is CCN1CCN(CC(=O)NC2CCCCC2CN)C(=O)C1=O. The van der Waals surface area contributed by atoms with Crippen LogP contribution in [0, 0.1) is 5.92 Å². The van der Waals surface area contributed by atoms with Gasteiger partial charge >= 0.3 is 11.8 Å². The second-order valence-corrected chi connectivity index (χ2v) is 6.07. The topological polar surface area (TPSA) is 95.7 Å². The number of hydrogen-bond donors (Lipinski definition) is 2. The van der Waals surface area contributed by atoms with Crippen LogP contribution < -0.4 is 11.1 Å². The molecule has 0 bridgehead atoms. The third-order valence-corrected chi connectivity index (χ3v) is 4.67. The lowest BCUT2D eigenvalue weighted by Gasteiger charge is -2.34. The molecule has 22 heavy (non-hydrogen) atoms. The van der Waals surface area contributed by atoms with Crippen molar-refractivity contribution in [2.75, 3.05) is 32.7 Å². The third-order valence-electron chi connectivity index (χ3n) is 4.67. The van der Waals surface area contributed by atoms with Crippen molar-refractivity contribution >= 4 is 17.7 Å². The molecule has 3 N–H and O–H groups in total. The van der Waals surface area contributed by atoms with Crippen LogP contribution in [0.1, 0.15) is 32.6 Å². The molecule has 1 aliphatic carbocycles. The molecular formula is C15H26N4O3. The Hall–Kier alpha value is -1.63. The maximum Gasteiger partial charge on any atom is 0.312 e. The molecule has 1 saturated heterocycles. The molecule has 0 spiro atoms. The number of carbonyl (C=O) groups excluding carboxylic acids is 3. The van der Waals surface area contributed by atoms with Gasteiger partial charge in [0.05, 0.1) is 0 Å². The average molecular weight is 310 g/mol. The fourth-order valence-corrected chi connectivity index (χ4v) is 3.27. The Morgan fingerprint density at radius 3 is 2.50 bits per heavy atom. The Morgan fingerprint density at radius 2 is 1.82 bits per heavy atom. The van der Waals surface area contributed by atoms with Gasteiger partial charge in [-0.2, -0.15) is 0 Å². The highest BCUT2D eigenvalue weighted by molar-refractivity contribution is 6.35. The first kappa shape index (κ1) is 16.7. The normalized spacial score (nSPS) is 26.3. The molecule has 0 radical (unpaired) electrons. The van der Waals surface area contributed by atoms with Crippen LogP contribution in [0.25, 0.3) is 0 Å². The smallest absolute Gasteiger partial charge is 0.312 e. The molecular weight excluding hydrogens is 284 g/mol. The fourth-order valence-electron chi connectivity index (χ4n) is 3.27. The molecule has 0 aromatic heterocycles. The van der Waals surface area contributed by atoms with E-state index < -0.39 is 11.8 Å². The summed E-state index contributed by atoms with van der Waals surface area (Å²) in [5, 5.41) is 2.99. The Labute approximate surface area is 131 Å². The predicted molar refractivity (Wildman–Crippen MR) is 81.8 cm³/mol. The maximum atomic E-state index is 12.2. The van der Waals surface area contributed by atoms with Crippen molar-refractivity contribution in [2.45, 2.75) is 38.6 Å². The minimum Gasteiger partial charge on any atom is -0.352 e. The number of nitrogens with one attached hydrogen (secondary N) is 1. The van der Waals surface area contributed by atoms with E-state index in [0.29, 0.717) is 32.1 Å². The minimum absolute atomic E-state index is 0.0457. The van der Waals surface area contributed by atoms with Gasteiger partial charge in [-0.3, -0.25) is 14.4 Å². The van der Waals surface area contributed by atoms with Crippen molar-refractivity contribution in [2.24, 2.45) is 11.7 Å². The lowest BCUT2D eigenvalue weighted by molar-refractivity contribution is -0.156. The summed E-state index contributed by atoms with van der Waals surface area (Å²) in [7, 11) is 0. The highest BCUT2D eigenvalue weighted by Gasteiger charge is 2.33. The summed E-state index contributed by atoms with van der Waals surface area (Å²) in [4.78, 5) is 38.8. The third kappa shape index (κ3) is 3.76. The largest absolute Gasteiger partial charge is 0.352 e. The summed E-state index contributed by atoms with van der Waals surface area (Å²) in [5.41, 5.74) is 5.76. The lowest BCUT2D eigenvalue weighted by Crippen LogP contribution is -2.57. The molecule has 1 saturated carbocycles. The molecule has 2 unspecified atom stereocenters. The molecule has 1 heterocycles. The van der Waals surface area contributed by atoms with Crippen LogP contribution in [0.15, 0.2) is 0 Å². The zero-order valence-electron chi connectivity index (χ0n) is 13.2. The van der Waals surface area contributed by atoms with Gasteiger partial charge in [-0.05, 0) is 32.2 Å². The second-order valence-electron chi connectivity index (χ2n) is 6.07. The second kappa shape index (κ2) is 7.58. The summed E-state index contributed by atoms with van der Waals surface area (Å²) in [6.45, 7) is 3.78. The van der Waals surface area contributed by atoms with E-state index in [1.807, 2.05) is 6.92 Å². The van der Waals surface area contributed by atoms with E-state index in [-0.39, 0.29) is 18.5 Å². The van der Waals surface area contributed by atoms with Gasteiger partial charge in [-0.1, -0.05) is 12.8 Å². The zero-order valence-corrected chi connectivity index (χ0v) is 13.2. The summed E-state index contributed by atoms with van der Waals surface area (Å²) in [6, 6.07) is 0.0917. The van der Waals surface area contributed by atoms with Crippen molar-refractivity contribution in [3.8, 4) is 0 Å². The van der Waals surface area contributed by atoms with Crippen molar-refractivity contribution < 1.29 is 14.4 Å². The van der Waals surface area contributed by atoms with Gasteiger partial charge in [0.25, 0.3) is 0 Å². The van der Waals surface area contributed by atoms with E-state index >= 15 is 0 Å². The van der Waals surface area contributed by atoms with E-state index in [1.165, 1.54) is 9.80 Å². The van der Waals surface area contributed by atoms with Crippen molar-refractivity contribution in [1.29, 1.82) is 0 Å². The van der Waals surface area contributed by atoms with Crippen LogP contribution in [0.4, 0.5) is 0 Å². The van der Waals surface area contributed by atoms with Crippen LogP contribution in [-0.4, -0.2) is 66.3 Å². The highest BCUT2D eigenvalue weighted by atomic mass is 16.2. The Bertz CT molecular complexity index is 441. The molecule has 0 aromatic carbocycles. The molecule has 2 aliphatic rings. The molecule has 1 aliphatic heterocycles. The molecule has 7 nitrogen and oxygen atoms in total. The molecule has 2 rings (SSSR count). The highest BCUT2D eigenvalue weighted by Crippen LogP contribution is 2.23. The van der Waals surface area contributed by atoms with Gasteiger partial charge in [0.2, 0.25) is 5.91 Å². The van der Waals surface area contributed by atoms with E-state index in [1.54, 1.807) is 0 Å². The number of piperazine rings is 1. The van der Waals surface area contributed by atoms with E-state index in [4.69, 9.17) is 5.73 Å². The fraction of sp³-hybridized carbons (Fsp3) is 0.800. The van der Waals surface area contributed by atoms with Crippen LogP contribution >= 0.6 is 0 Å². The number of nitrogens with zero attached hydrogens (tertiary/aromatic N) is 2. The quantitative estimate of drug-likeness (QED) is 0.657. The number of hydrogen-bond acceptors (Lipinski definition) is 4. The molecule has 2 fully saturated rings. The van der Waals surface area contributed by atoms with E-state index in [0.717, 1.165) is 25.7 Å². The van der Waals surface area contributed by atoms with Crippen LogP contribution in [0.2, 0.25) is 0 Å². The molecule has 3 amide bonds. The van der Waals surface area contributed by atoms with E-state index in [2.05, 4.69) is 5.32 Å². The summed E-state index contributed by atoms with van der Waals surface area (Å²) < 4.78 is 0. The Balaban J connectivity index is 1.86. The van der Waals surface area contributed by atoms with Crippen molar-refractivity contribution in [3.05, 3.63) is 0 Å². The van der Waals surface area contributed by atoms with Gasteiger partial charge in [-0.15, -0.1) is 0 Å². The van der Waals surface area contributed by atoms with Crippen LogP contribution in [-0.2, 0) is 14.4 Å². The van der Waals surface area contributed by atoms with Gasteiger partial charge < -0.3 is 20.9 Å². The first-order valence-corrected chi connectivity index (χ1v) is 8.14. The monoisotopic (exact) mass is 310 g/mol. The van der Waals surface area contributed by atoms with Gasteiger partial charge in [0.15, 0.2) is 0 Å². The molecule has 2 atom stereocenters. The van der Waals surface area contributed by atoms with Gasteiger partial charge in [0.1, 0.15) is 6.54 Å². The number of carbonyl (C=O) groups is 3. The first-order valence-electron chi connectivity index (χ1n) is 8.14. The zero-order chi connectivity index (χ0) is 16.1. The minimum atomic E-state index is -0.581. The summed E-state index contributed by atoms with van der Waals surface area (Å²) >= 11 is 0. The maximum absolute atomic E-state index is 12.2. The van der Waals surface area contributed by atoms with Gasteiger partial charge in [-0.25, -0.2) is 0 Å².